The molecule has 0 fully saturated rings. The highest BCUT2D eigenvalue weighted by molar-refractivity contribution is 5.24. The number of hydrogen-bond acceptors (Lipinski definition) is 2. The van der Waals surface area contributed by atoms with Gasteiger partial charge in [0.2, 0.25) is 0 Å². The normalized spacial score (nSPS) is 12.6. The van der Waals surface area contributed by atoms with Gasteiger partial charge in [0.05, 0.1) is 5.69 Å². The maximum atomic E-state index is 4.47. The van der Waals surface area contributed by atoms with Gasteiger partial charge >= 0.3 is 0 Å². The summed E-state index contributed by atoms with van der Waals surface area (Å²) in [5, 5.41) is 8.04. The van der Waals surface area contributed by atoms with E-state index in [2.05, 4.69) is 61.6 Å². The molecule has 0 saturated heterocycles. The lowest BCUT2D eigenvalue weighted by atomic mass is 10.1. The van der Waals surface area contributed by atoms with Gasteiger partial charge in [-0.3, -0.25) is 4.68 Å². The maximum Gasteiger partial charge on any atom is 0.0666 e. The van der Waals surface area contributed by atoms with Gasteiger partial charge in [-0.15, -0.1) is 0 Å². The Bertz CT molecular complexity index is 525. The van der Waals surface area contributed by atoms with E-state index in [0.29, 0.717) is 6.04 Å². The highest BCUT2D eigenvalue weighted by Crippen LogP contribution is 2.15. The van der Waals surface area contributed by atoms with E-state index in [1.807, 2.05) is 11.7 Å². The van der Waals surface area contributed by atoms with Gasteiger partial charge in [-0.2, -0.15) is 5.10 Å². The minimum absolute atomic E-state index is 0.352. The summed E-state index contributed by atoms with van der Waals surface area (Å²) in [6, 6.07) is 9.06. The molecule has 0 amide bonds. The Hall–Kier alpha value is -1.61. The molecule has 1 heterocycles. The second kappa shape index (κ2) is 6.02. The molecular weight excluding hydrogens is 234 g/mol. The quantitative estimate of drug-likeness (QED) is 0.891. The second-order valence-electron chi connectivity index (χ2n) is 5.14. The molecule has 0 aliphatic rings. The molecule has 2 rings (SSSR count). The number of nitrogens with one attached hydrogen (secondary N) is 1. The molecule has 0 radical (unpaired) electrons. The van der Waals surface area contributed by atoms with Crippen LogP contribution in [0.1, 0.15) is 42.3 Å². The fourth-order valence-electron chi connectivity index (χ4n) is 2.27. The highest BCUT2D eigenvalue weighted by Gasteiger charge is 2.08. The second-order valence-corrected chi connectivity index (χ2v) is 5.14. The predicted octanol–water partition coefficient (Wildman–Crippen LogP) is 3.14. The first-order chi connectivity index (χ1) is 9.10. The Kier molecular flexibility index (Phi) is 4.38. The van der Waals surface area contributed by atoms with Crippen molar-refractivity contribution in [2.75, 3.05) is 0 Å². The number of benzene rings is 1. The van der Waals surface area contributed by atoms with Gasteiger partial charge in [-0.05, 0) is 25.8 Å². The Morgan fingerprint density at radius 3 is 2.58 bits per heavy atom. The number of aromatic nitrogens is 2. The van der Waals surface area contributed by atoms with Crippen molar-refractivity contribution in [2.24, 2.45) is 7.05 Å². The first kappa shape index (κ1) is 13.8. The molecule has 1 aromatic heterocycles. The first-order valence-electron chi connectivity index (χ1n) is 6.91. The number of nitrogens with zero attached hydrogens (tertiary/aromatic N) is 2. The van der Waals surface area contributed by atoms with Gasteiger partial charge in [0.15, 0.2) is 0 Å². The van der Waals surface area contributed by atoms with Crippen LogP contribution in [0.4, 0.5) is 0 Å². The standard InChI is InChI=1S/C16H23N3/c1-5-16-15(11-19(4)18-16)10-17-13(3)14-8-6-12(2)7-9-14/h6-9,11,13,17H,5,10H2,1-4H3/t13-/m1/s1. The zero-order valence-electron chi connectivity index (χ0n) is 12.3. The van der Waals surface area contributed by atoms with Crippen molar-refractivity contribution in [1.82, 2.24) is 15.1 Å². The summed E-state index contributed by atoms with van der Waals surface area (Å²) in [4.78, 5) is 0. The summed E-state index contributed by atoms with van der Waals surface area (Å²) in [7, 11) is 1.98. The lowest BCUT2D eigenvalue weighted by Crippen LogP contribution is -2.18. The van der Waals surface area contributed by atoms with E-state index >= 15 is 0 Å². The van der Waals surface area contributed by atoms with E-state index in [0.717, 1.165) is 13.0 Å². The number of hydrogen-bond donors (Lipinski definition) is 1. The van der Waals surface area contributed by atoms with E-state index in [9.17, 15) is 0 Å². The number of aryl methyl sites for hydroxylation is 3. The lowest BCUT2D eigenvalue weighted by Gasteiger charge is -2.14. The number of rotatable bonds is 5. The molecule has 0 aliphatic heterocycles. The molecule has 2 aromatic rings. The van der Waals surface area contributed by atoms with Crippen LogP contribution in [0.15, 0.2) is 30.5 Å². The smallest absolute Gasteiger partial charge is 0.0666 e. The predicted molar refractivity (Wildman–Crippen MR) is 79.0 cm³/mol. The third kappa shape index (κ3) is 3.44. The molecule has 0 aliphatic carbocycles. The molecule has 1 aromatic carbocycles. The van der Waals surface area contributed by atoms with Crippen LogP contribution < -0.4 is 5.32 Å². The monoisotopic (exact) mass is 257 g/mol. The Labute approximate surface area is 115 Å². The van der Waals surface area contributed by atoms with Crippen LogP contribution in [0.2, 0.25) is 0 Å². The molecule has 0 spiro atoms. The fraction of sp³-hybridized carbons (Fsp3) is 0.438. The van der Waals surface area contributed by atoms with Crippen molar-refractivity contribution in [2.45, 2.75) is 39.8 Å². The fourth-order valence-corrected chi connectivity index (χ4v) is 2.27. The average Bonchev–Trinajstić information content (AvgIpc) is 2.77. The summed E-state index contributed by atoms with van der Waals surface area (Å²) in [6.45, 7) is 7.33. The van der Waals surface area contributed by atoms with Crippen LogP contribution in [-0.2, 0) is 20.0 Å². The SMILES string of the molecule is CCc1nn(C)cc1CN[C@H](C)c1ccc(C)cc1. The van der Waals surface area contributed by atoms with E-state index in [-0.39, 0.29) is 0 Å². The van der Waals surface area contributed by atoms with Crippen LogP contribution in [0, 0.1) is 6.92 Å². The molecule has 3 heteroatoms. The van der Waals surface area contributed by atoms with E-state index < -0.39 is 0 Å². The maximum absolute atomic E-state index is 4.47. The average molecular weight is 257 g/mol. The Morgan fingerprint density at radius 1 is 1.26 bits per heavy atom. The lowest BCUT2D eigenvalue weighted by molar-refractivity contribution is 0.572. The zero-order chi connectivity index (χ0) is 13.8. The Balaban J connectivity index is 1.99. The molecule has 1 N–H and O–H groups in total. The summed E-state index contributed by atoms with van der Waals surface area (Å²) < 4.78 is 1.90. The highest BCUT2D eigenvalue weighted by atomic mass is 15.3. The minimum Gasteiger partial charge on any atom is -0.306 e. The van der Waals surface area contributed by atoms with Crippen molar-refractivity contribution in [3.8, 4) is 0 Å². The van der Waals surface area contributed by atoms with Gasteiger partial charge in [0, 0.05) is 31.4 Å². The van der Waals surface area contributed by atoms with Gasteiger partial charge in [0.1, 0.15) is 0 Å². The zero-order valence-corrected chi connectivity index (χ0v) is 12.3. The topological polar surface area (TPSA) is 29.9 Å². The molecule has 0 saturated carbocycles. The molecule has 3 nitrogen and oxygen atoms in total. The summed E-state index contributed by atoms with van der Waals surface area (Å²) in [6.07, 6.45) is 3.09. The largest absolute Gasteiger partial charge is 0.306 e. The van der Waals surface area contributed by atoms with E-state index in [1.165, 1.54) is 22.4 Å². The molecular formula is C16H23N3. The molecule has 102 valence electrons. The van der Waals surface area contributed by atoms with Gasteiger partial charge in [-0.1, -0.05) is 36.8 Å². The van der Waals surface area contributed by atoms with E-state index in [4.69, 9.17) is 0 Å². The first-order valence-corrected chi connectivity index (χ1v) is 6.91. The van der Waals surface area contributed by atoms with Crippen LogP contribution in [0.3, 0.4) is 0 Å². The molecule has 1 atom stereocenters. The van der Waals surface area contributed by atoms with Crippen molar-refractivity contribution >= 4 is 0 Å². The molecule has 0 unspecified atom stereocenters. The van der Waals surface area contributed by atoms with Crippen LogP contribution in [-0.4, -0.2) is 9.78 Å². The van der Waals surface area contributed by atoms with Gasteiger partial charge in [-0.25, -0.2) is 0 Å². The summed E-state index contributed by atoms with van der Waals surface area (Å²) in [5.41, 5.74) is 5.11. The molecule has 19 heavy (non-hydrogen) atoms. The van der Waals surface area contributed by atoms with E-state index in [1.54, 1.807) is 0 Å². The third-order valence-corrected chi connectivity index (χ3v) is 3.50. The van der Waals surface area contributed by atoms with Crippen molar-refractivity contribution in [3.63, 3.8) is 0 Å². The van der Waals surface area contributed by atoms with Crippen molar-refractivity contribution < 1.29 is 0 Å². The third-order valence-electron chi connectivity index (χ3n) is 3.50. The van der Waals surface area contributed by atoms with Crippen molar-refractivity contribution in [3.05, 3.63) is 52.8 Å². The Morgan fingerprint density at radius 2 is 1.95 bits per heavy atom. The molecule has 0 bridgehead atoms. The summed E-state index contributed by atoms with van der Waals surface area (Å²) in [5.74, 6) is 0. The van der Waals surface area contributed by atoms with Crippen LogP contribution in [0.25, 0.3) is 0 Å². The minimum atomic E-state index is 0.352. The van der Waals surface area contributed by atoms with Crippen LogP contribution in [0.5, 0.6) is 0 Å². The van der Waals surface area contributed by atoms with Crippen LogP contribution >= 0.6 is 0 Å². The summed E-state index contributed by atoms with van der Waals surface area (Å²) >= 11 is 0. The van der Waals surface area contributed by atoms with Crippen molar-refractivity contribution in [1.29, 1.82) is 0 Å². The van der Waals surface area contributed by atoms with Gasteiger partial charge < -0.3 is 5.32 Å². The van der Waals surface area contributed by atoms with Gasteiger partial charge in [0.25, 0.3) is 0 Å².